The zero-order valence-electron chi connectivity index (χ0n) is 19.9. The number of anilines is 2. The number of aryl methyl sites for hydroxylation is 1. The highest BCUT2D eigenvalue weighted by Crippen LogP contribution is 2.31. The molecule has 0 N–H and O–H groups in total. The molecule has 3 aromatic rings. The Bertz CT molecular complexity index is 1220. The summed E-state index contributed by atoms with van der Waals surface area (Å²) in [5.74, 6) is -0.316. The second kappa shape index (κ2) is 10.4. The highest BCUT2D eigenvalue weighted by Gasteiger charge is 2.27. The van der Waals surface area contributed by atoms with Gasteiger partial charge < -0.3 is 14.7 Å². The van der Waals surface area contributed by atoms with Crippen LogP contribution in [-0.2, 0) is 11.3 Å². The van der Waals surface area contributed by atoms with Crippen LogP contribution >= 0.6 is 0 Å². The maximum Gasteiger partial charge on any atom is 0.293 e. The van der Waals surface area contributed by atoms with E-state index in [-0.39, 0.29) is 23.1 Å². The van der Waals surface area contributed by atoms with Crippen LogP contribution in [0.2, 0.25) is 0 Å². The van der Waals surface area contributed by atoms with Gasteiger partial charge in [-0.1, -0.05) is 48.0 Å². The Morgan fingerprint density at radius 3 is 2.20 bits per heavy atom. The lowest BCUT2D eigenvalue weighted by Gasteiger charge is -2.35. The Morgan fingerprint density at radius 1 is 0.943 bits per heavy atom. The second-order valence-corrected chi connectivity index (χ2v) is 8.67. The van der Waals surface area contributed by atoms with Gasteiger partial charge in [-0.05, 0) is 36.8 Å². The van der Waals surface area contributed by atoms with Crippen LogP contribution < -0.4 is 9.80 Å². The predicted octanol–water partition coefficient (Wildman–Crippen LogP) is 4.42. The second-order valence-electron chi connectivity index (χ2n) is 8.67. The van der Waals surface area contributed by atoms with E-state index in [1.54, 1.807) is 21.9 Å². The average Bonchev–Trinajstić information content (AvgIpc) is 2.88. The van der Waals surface area contributed by atoms with Gasteiger partial charge in [0.05, 0.1) is 11.5 Å². The lowest BCUT2D eigenvalue weighted by Crippen LogP contribution is -2.48. The van der Waals surface area contributed by atoms with Crippen molar-refractivity contribution in [2.45, 2.75) is 20.4 Å². The van der Waals surface area contributed by atoms with Crippen LogP contribution in [0.3, 0.4) is 0 Å². The highest BCUT2D eigenvalue weighted by atomic mass is 16.6. The molecular weight excluding hydrogens is 444 g/mol. The van der Waals surface area contributed by atoms with Crippen molar-refractivity contribution in [1.29, 1.82) is 0 Å². The minimum absolute atomic E-state index is 0.00490. The highest BCUT2D eigenvalue weighted by molar-refractivity contribution is 6.06. The zero-order chi connectivity index (χ0) is 24.9. The van der Waals surface area contributed by atoms with E-state index in [2.05, 4.69) is 0 Å². The Morgan fingerprint density at radius 2 is 1.60 bits per heavy atom. The van der Waals surface area contributed by atoms with Gasteiger partial charge in [-0.3, -0.25) is 19.7 Å². The molecule has 0 aliphatic carbocycles. The van der Waals surface area contributed by atoms with Crippen molar-refractivity contribution in [1.82, 2.24) is 4.90 Å². The standard InChI is InChI=1S/C27H28N4O4/c1-20-8-11-24(12-9-20)30(19-22-6-4-3-5-7-22)27(33)23-10-13-25(26(18-23)31(34)35)29-16-14-28(15-17-29)21(2)32/h3-13,18H,14-17,19H2,1-2H3. The predicted molar refractivity (Wildman–Crippen MR) is 136 cm³/mol. The first-order valence-electron chi connectivity index (χ1n) is 11.5. The molecule has 8 heteroatoms. The summed E-state index contributed by atoms with van der Waals surface area (Å²) in [6, 6.07) is 21.9. The SMILES string of the molecule is CC(=O)N1CCN(c2ccc(C(=O)N(Cc3ccccc3)c3ccc(C)cc3)cc2[N+](=O)[O-])CC1. The first-order chi connectivity index (χ1) is 16.8. The fourth-order valence-corrected chi connectivity index (χ4v) is 4.26. The summed E-state index contributed by atoms with van der Waals surface area (Å²) >= 11 is 0. The molecule has 1 aliphatic heterocycles. The number of nitro benzene ring substituents is 1. The lowest BCUT2D eigenvalue weighted by molar-refractivity contribution is -0.384. The van der Waals surface area contributed by atoms with Crippen molar-refractivity contribution < 1.29 is 14.5 Å². The maximum absolute atomic E-state index is 13.7. The van der Waals surface area contributed by atoms with Crippen molar-refractivity contribution in [3.8, 4) is 0 Å². The minimum Gasteiger partial charge on any atom is -0.362 e. The Labute approximate surface area is 204 Å². The third kappa shape index (κ3) is 5.48. The van der Waals surface area contributed by atoms with Gasteiger partial charge in [0, 0.05) is 50.4 Å². The molecule has 1 fully saturated rings. The van der Waals surface area contributed by atoms with Crippen LogP contribution in [0.4, 0.5) is 17.1 Å². The number of hydrogen-bond acceptors (Lipinski definition) is 5. The van der Waals surface area contributed by atoms with Crippen molar-refractivity contribution in [2.75, 3.05) is 36.0 Å². The zero-order valence-corrected chi connectivity index (χ0v) is 19.9. The fraction of sp³-hybridized carbons (Fsp3) is 0.259. The molecule has 0 spiro atoms. The minimum atomic E-state index is -0.448. The maximum atomic E-state index is 13.7. The number of piperazine rings is 1. The topological polar surface area (TPSA) is 87.0 Å². The Hall–Kier alpha value is -4.20. The average molecular weight is 473 g/mol. The first-order valence-corrected chi connectivity index (χ1v) is 11.5. The van der Waals surface area contributed by atoms with Crippen LogP contribution in [0.15, 0.2) is 72.8 Å². The van der Waals surface area contributed by atoms with Crippen LogP contribution in [0, 0.1) is 17.0 Å². The summed E-state index contributed by atoms with van der Waals surface area (Å²) in [6.45, 7) is 5.84. The van der Waals surface area contributed by atoms with Gasteiger partial charge in [-0.25, -0.2) is 0 Å². The summed E-state index contributed by atoms with van der Waals surface area (Å²) in [6.07, 6.45) is 0. The summed E-state index contributed by atoms with van der Waals surface area (Å²) in [5, 5.41) is 12.0. The molecule has 8 nitrogen and oxygen atoms in total. The molecule has 0 atom stereocenters. The molecule has 180 valence electrons. The number of rotatable bonds is 6. The molecule has 1 heterocycles. The van der Waals surface area contributed by atoms with Crippen molar-refractivity contribution >= 4 is 28.9 Å². The molecule has 3 aromatic carbocycles. The molecule has 0 bridgehead atoms. The molecule has 0 unspecified atom stereocenters. The van der Waals surface area contributed by atoms with E-state index in [0.29, 0.717) is 38.4 Å². The number of carbonyl (C=O) groups is 2. The number of amides is 2. The number of hydrogen-bond donors (Lipinski definition) is 0. The molecule has 1 saturated heterocycles. The van der Waals surface area contributed by atoms with E-state index in [0.717, 1.165) is 16.8 Å². The van der Waals surface area contributed by atoms with Gasteiger partial charge in [0.25, 0.3) is 11.6 Å². The molecule has 35 heavy (non-hydrogen) atoms. The molecule has 2 amide bonds. The molecule has 4 rings (SSSR count). The van der Waals surface area contributed by atoms with E-state index in [1.807, 2.05) is 66.4 Å². The van der Waals surface area contributed by atoms with Crippen LogP contribution in [0.5, 0.6) is 0 Å². The molecule has 0 aromatic heterocycles. The van der Waals surface area contributed by atoms with E-state index in [9.17, 15) is 19.7 Å². The van der Waals surface area contributed by atoms with Gasteiger partial charge in [-0.2, -0.15) is 0 Å². The van der Waals surface area contributed by atoms with Crippen molar-refractivity contribution in [3.63, 3.8) is 0 Å². The van der Waals surface area contributed by atoms with Gasteiger partial charge >= 0.3 is 0 Å². The number of nitrogens with zero attached hydrogens (tertiary/aromatic N) is 4. The van der Waals surface area contributed by atoms with Gasteiger partial charge in [0.15, 0.2) is 0 Å². The monoisotopic (exact) mass is 472 g/mol. The quantitative estimate of drug-likeness (QED) is 0.392. The van der Waals surface area contributed by atoms with Crippen molar-refractivity contribution in [3.05, 3.63) is 99.6 Å². The van der Waals surface area contributed by atoms with Crippen LogP contribution in [-0.4, -0.2) is 47.8 Å². The third-order valence-electron chi connectivity index (χ3n) is 6.26. The van der Waals surface area contributed by atoms with E-state index >= 15 is 0 Å². The summed E-state index contributed by atoms with van der Waals surface area (Å²) in [5.41, 5.74) is 3.34. The number of benzene rings is 3. The Kier molecular flexibility index (Phi) is 7.10. The lowest BCUT2D eigenvalue weighted by atomic mass is 10.1. The van der Waals surface area contributed by atoms with E-state index in [1.165, 1.54) is 13.0 Å². The molecular formula is C27H28N4O4. The number of carbonyl (C=O) groups excluding carboxylic acids is 2. The molecule has 0 saturated carbocycles. The van der Waals surface area contributed by atoms with Gasteiger partial charge in [0.2, 0.25) is 5.91 Å². The summed E-state index contributed by atoms with van der Waals surface area (Å²) in [4.78, 5) is 42.1. The normalized spacial score (nSPS) is 13.4. The molecule has 1 aliphatic rings. The van der Waals surface area contributed by atoms with Crippen LogP contribution in [0.1, 0.15) is 28.4 Å². The molecule has 0 radical (unpaired) electrons. The number of nitro groups is 1. The third-order valence-corrected chi connectivity index (χ3v) is 6.26. The summed E-state index contributed by atoms with van der Waals surface area (Å²) in [7, 11) is 0. The van der Waals surface area contributed by atoms with E-state index in [4.69, 9.17) is 0 Å². The van der Waals surface area contributed by atoms with E-state index < -0.39 is 4.92 Å². The smallest absolute Gasteiger partial charge is 0.293 e. The first kappa shape index (κ1) is 23.9. The fourth-order valence-electron chi connectivity index (χ4n) is 4.26. The van der Waals surface area contributed by atoms with Crippen LogP contribution in [0.25, 0.3) is 0 Å². The Balaban J connectivity index is 1.65. The largest absolute Gasteiger partial charge is 0.362 e. The van der Waals surface area contributed by atoms with Crippen molar-refractivity contribution in [2.24, 2.45) is 0 Å². The summed E-state index contributed by atoms with van der Waals surface area (Å²) < 4.78 is 0. The van der Waals surface area contributed by atoms with Gasteiger partial charge in [0.1, 0.15) is 5.69 Å². The van der Waals surface area contributed by atoms with Gasteiger partial charge in [-0.15, -0.1) is 0 Å².